The van der Waals surface area contributed by atoms with E-state index in [4.69, 9.17) is 0 Å². The Morgan fingerprint density at radius 1 is 1.21 bits per heavy atom. The van der Waals surface area contributed by atoms with Crippen LogP contribution in [0, 0.1) is 5.92 Å². The average molecular weight is 259 g/mol. The Balaban J connectivity index is 1.91. The molecule has 0 aliphatic rings. The van der Waals surface area contributed by atoms with Crippen molar-refractivity contribution in [2.24, 2.45) is 5.92 Å². The van der Waals surface area contributed by atoms with Crippen LogP contribution in [0.2, 0.25) is 0 Å². The molecule has 1 atom stereocenters. The van der Waals surface area contributed by atoms with Crippen molar-refractivity contribution in [1.82, 2.24) is 15.2 Å². The number of aromatic amines is 1. The summed E-state index contributed by atoms with van der Waals surface area (Å²) >= 11 is 0. The summed E-state index contributed by atoms with van der Waals surface area (Å²) in [4.78, 5) is 5.52. The summed E-state index contributed by atoms with van der Waals surface area (Å²) in [6.45, 7) is 6.50. The Morgan fingerprint density at radius 3 is 2.68 bits per heavy atom. The van der Waals surface area contributed by atoms with E-state index in [2.05, 4.69) is 67.4 Å². The molecule has 0 aliphatic heterocycles. The minimum atomic E-state index is 0.580. The molecule has 19 heavy (non-hydrogen) atoms. The summed E-state index contributed by atoms with van der Waals surface area (Å²) in [5.41, 5.74) is 2.55. The van der Waals surface area contributed by atoms with Gasteiger partial charge in [0.05, 0.1) is 0 Å². The van der Waals surface area contributed by atoms with E-state index in [1.165, 1.54) is 16.5 Å². The molecule has 0 amide bonds. The monoisotopic (exact) mass is 259 g/mol. The van der Waals surface area contributed by atoms with Crippen LogP contribution >= 0.6 is 0 Å². The van der Waals surface area contributed by atoms with Gasteiger partial charge in [0.15, 0.2) is 0 Å². The van der Waals surface area contributed by atoms with Crippen LogP contribution in [0.1, 0.15) is 19.4 Å². The van der Waals surface area contributed by atoms with Crippen LogP contribution in [0.25, 0.3) is 10.9 Å². The van der Waals surface area contributed by atoms with Gasteiger partial charge in [-0.3, -0.25) is 0 Å². The van der Waals surface area contributed by atoms with Crippen molar-refractivity contribution in [2.75, 3.05) is 20.6 Å². The molecule has 1 aromatic heterocycles. The van der Waals surface area contributed by atoms with E-state index in [1.54, 1.807) is 0 Å². The van der Waals surface area contributed by atoms with Gasteiger partial charge >= 0.3 is 0 Å². The third-order valence-electron chi connectivity index (χ3n) is 3.73. The highest BCUT2D eigenvalue weighted by atomic mass is 15.1. The average Bonchev–Trinajstić information content (AvgIpc) is 2.80. The minimum Gasteiger partial charge on any atom is -0.361 e. The van der Waals surface area contributed by atoms with Crippen molar-refractivity contribution in [1.29, 1.82) is 0 Å². The van der Waals surface area contributed by atoms with Crippen molar-refractivity contribution in [3.63, 3.8) is 0 Å². The first-order valence-corrected chi connectivity index (χ1v) is 7.01. The summed E-state index contributed by atoms with van der Waals surface area (Å²) < 4.78 is 0. The van der Waals surface area contributed by atoms with E-state index in [0.29, 0.717) is 12.0 Å². The Kier molecular flexibility index (Phi) is 4.61. The van der Waals surface area contributed by atoms with Crippen molar-refractivity contribution in [3.8, 4) is 0 Å². The number of fused-ring (bicyclic) bond motifs is 1. The van der Waals surface area contributed by atoms with Crippen LogP contribution in [0.3, 0.4) is 0 Å². The van der Waals surface area contributed by atoms with Crippen LogP contribution in [-0.4, -0.2) is 36.6 Å². The molecule has 3 heteroatoms. The van der Waals surface area contributed by atoms with Crippen LogP contribution in [-0.2, 0) is 6.54 Å². The maximum Gasteiger partial charge on any atom is 0.0454 e. The van der Waals surface area contributed by atoms with Crippen molar-refractivity contribution < 1.29 is 0 Å². The summed E-state index contributed by atoms with van der Waals surface area (Å²) in [6, 6.07) is 9.29. The first-order valence-electron chi connectivity index (χ1n) is 7.01. The maximum absolute atomic E-state index is 3.57. The number of nitrogens with zero attached hydrogens (tertiary/aromatic N) is 1. The Labute approximate surface area is 116 Å². The first kappa shape index (κ1) is 14.1. The van der Waals surface area contributed by atoms with Crippen molar-refractivity contribution >= 4 is 10.9 Å². The van der Waals surface area contributed by atoms with Gasteiger partial charge in [-0.1, -0.05) is 19.9 Å². The lowest BCUT2D eigenvalue weighted by Gasteiger charge is -2.28. The van der Waals surface area contributed by atoms with E-state index in [1.807, 2.05) is 6.20 Å². The fraction of sp³-hybridized carbons (Fsp3) is 0.500. The van der Waals surface area contributed by atoms with Crippen LogP contribution in [0.5, 0.6) is 0 Å². The molecule has 0 aliphatic carbocycles. The molecule has 3 nitrogen and oxygen atoms in total. The van der Waals surface area contributed by atoms with Gasteiger partial charge < -0.3 is 15.2 Å². The van der Waals surface area contributed by atoms with E-state index in [-0.39, 0.29) is 0 Å². The quantitative estimate of drug-likeness (QED) is 0.836. The second-order valence-corrected chi connectivity index (χ2v) is 5.81. The van der Waals surface area contributed by atoms with E-state index in [9.17, 15) is 0 Å². The lowest BCUT2D eigenvalue weighted by atomic mass is 10.0. The number of aromatic nitrogens is 1. The molecule has 0 bridgehead atoms. The highest BCUT2D eigenvalue weighted by molar-refractivity contribution is 5.79. The minimum absolute atomic E-state index is 0.580. The SMILES string of the molecule is CC(C)C(CNCc1ccc2[nH]ccc2c1)N(C)C. The van der Waals surface area contributed by atoms with Crippen molar-refractivity contribution in [2.45, 2.75) is 26.4 Å². The smallest absolute Gasteiger partial charge is 0.0454 e. The molecule has 2 aromatic rings. The maximum atomic E-state index is 3.57. The number of H-pyrrole nitrogens is 1. The third kappa shape index (κ3) is 3.58. The normalized spacial score (nSPS) is 13.6. The molecular formula is C16H25N3. The third-order valence-corrected chi connectivity index (χ3v) is 3.73. The topological polar surface area (TPSA) is 31.1 Å². The Morgan fingerprint density at radius 2 is 2.00 bits per heavy atom. The Bertz CT molecular complexity index is 505. The van der Waals surface area contributed by atoms with Gasteiger partial charge in [0.1, 0.15) is 0 Å². The van der Waals surface area contributed by atoms with Crippen LogP contribution < -0.4 is 5.32 Å². The fourth-order valence-corrected chi connectivity index (χ4v) is 2.59. The first-order chi connectivity index (χ1) is 9.08. The highest BCUT2D eigenvalue weighted by Gasteiger charge is 2.14. The van der Waals surface area contributed by atoms with Gasteiger partial charge in [0, 0.05) is 30.8 Å². The molecular weight excluding hydrogens is 234 g/mol. The molecule has 1 unspecified atom stereocenters. The van der Waals surface area contributed by atoms with E-state index in [0.717, 1.165) is 13.1 Å². The molecule has 1 heterocycles. The molecule has 0 saturated carbocycles. The van der Waals surface area contributed by atoms with Gasteiger partial charge in [-0.2, -0.15) is 0 Å². The van der Waals surface area contributed by atoms with Gasteiger partial charge in [-0.15, -0.1) is 0 Å². The predicted molar refractivity (Wildman–Crippen MR) is 82.3 cm³/mol. The summed E-state index contributed by atoms with van der Waals surface area (Å²) in [6.07, 6.45) is 1.99. The van der Waals surface area contributed by atoms with Gasteiger partial charge in [0.25, 0.3) is 0 Å². The molecule has 2 N–H and O–H groups in total. The van der Waals surface area contributed by atoms with Gasteiger partial charge in [-0.05, 0) is 49.2 Å². The number of hydrogen-bond donors (Lipinski definition) is 2. The molecule has 1 aromatic carbocycles. The number of rotatable bonds is 6. The lowest BCUT2D eigenvalue weighted by Crippen LogP contribution is -2.41. The van der Waals surface area contributed by atoms with Gasteiger partial charge in [0.2, 0.25) is 0 Å². The molecule has 0 spiro atoms. The zero-order valence-electron chi connectivity index (χ0n) is 12.4. The number of hydrogen-bond acceptors (Lipinski definition) is 2. The van der Waals surface area contributed by atoms with Crippen LogP contribution in [0.15, 0.2) is 30.5 Å². The second-order valence-electron chi connectivity index (χ2n) is 5.81. The molecule has 0 saturated heterocycles. The van der Waals surface area contributed by atoms with Gasteiger partial charge in [-0.25, -0.2) is 0 Å². The molecule has 0 fully saturated rings. The summed E-state index contributed by atoms with van der Waals surface area (Å²) in [5, 5.41) is 4.85. The molecule has 104 valence electrons. The molecule has 0 radical (unpaired) electrons. The lowest BCUT2D eigenvalue weighted by molar-refractivity contribution is 0.224. The Hall–Kier alpha value is -1.32. The number of likely N-dealkylation sites (N-methyl/N-ethyl adjacent to an activating group) is 1. The number of nitrogens with one attached hydrogen (secondary N) is 2. The zero-order valence-corrected chi connectivity index (χ0v) is 12.4. The zero-order chi connectivity index (χ0) is 13.8. The van der Waals surface area contributed by atoms with Crippen LogP contribution in [0.4, 0.5) is 0 Å². The van der Waals surface area contributed by atoms with E-state index < -0.39 is 0 Å². The fourth-order valence-electron chi connectivity index (χ4n) is 2.59. The summed E-state index contributed by atoms with van der Waals surface area (Å²) in [7, 11) is 4.30. The standard InChI is InChI=1S/C16H25N3/c1-12(2)16(19(3)4)11-17-10-13-5-6-15-14(9-13)7-8-18-15/h5-9,12,16-18H,10-11H2,1-4H3. The second kappa shape index (κ2) is 6.22. The molecule has 2 rings (SSSR count). The predicted octanol–water partition coefficient (Wildman–Crippen LogP) is 2.84. The highest BCUT2D eigenvalue weighted by Crippen LogP contribution is 2.14. The largest absolute Gasteiger partial charge is 0.361 e. The van der Waals surface area contributed by atoms with Crippen molar-refractivity contribution in [3.05, 3.63) is 36.0 Å². The van der Waals surface area contributed by atoms with E-state index >= 15 is 0 Å². The number of benzene rings is 1. The summed E-state index contributed by atoms with van der Waals surface area (Å²) in [5.74, 6) is 0.662.